The average molecular weight is 261 g/mol. The quantitative estimate of drug-likeness (QED) is 0.888. The summed E-state index contributed by atoms with van der Waals surface area (Å²) in [5.74, 6) is 0.925. The summed E-state index contributed by atoms with van der Waals surface area (Å²) in [7, 11) is 3.69. The van der Waals surface area contributed by atoms with E-state index in [0.29, 0.717) is 0 Å². The summed E-state index contributed by atoms with van der Waals surface area (Å²) in [5.41, 5.74) is 1.89. The van der Waals surface area contributed by atoms with Crippen molar-refractivity contribution in [3.8, 4) is 0 Å². The number of methoxy groups -OCH3 is 1. The second kappa shape index (κ2) is 5.35. The molecule has 1 aromatic carbocycles. The zero-order valence-corrected chi connectivity index (χ0v) is 12.4. The van der Waals surface area contributed by atoms with Crippen LogP contribution in [0.2, 0.25) is 0 Å². The molecule has 0 spiro atoms. The Morgan fingerprint density at radius 3 is 2.68 bits per heavy atom. The Labute approximate surface area is 114 Å². The average Bonchev–Trinajstić information content (AvgIpc) is 2.81. The van der Waals surface area contributed by atoms with Crippen molar-refractivity contribution in [2.24, 2.45) is 0 Å². The van der Waals surface area contributed by atoms with Gasteiger partial charge in [-0.1, -0.05) is 18.6 Å². The van der Waals surface area contributed by atoms with Crippen molar-refractivity contribution >= 4 is 11.0 Å². The van der Waals surface area contributed by atoms with E-state index in [4.69, 9.17) is 9.15 Å². The van der Waals surface area contributed by atoms with E-state index in [1.807, 2.05) is 13.1 Å². The number of ether oxygens (including phenoxy) is 1. The Morgan fingerprint density at radius 1 is 1.37 bits per heavy atom. The van der Waals surface area contributed by atoms with Gasteiger partial charge in [-0.05, 0) is 45.5 Å². The first-order valence-corrected chi connectivity index (χ1v) is 6.76. The molecular formula is C16H23NO2. The maximum absolute atomic E-state index is 5.98. The number of fused-ring (bicyclic) bond motifs is 1. The Hall–Kier alpha value is -1.32. The molecule has 19 heavy (non-hydrogen) atoms. The second-order valence-corrected chi connectivity index (χ2v) is 5.28. The summed E-state index contributed by atoms with van der Waals surface area (Å²) >= 11 is 0. The lowest BCUT2D eigenvalue weighted by Crippen LogP contribution is -2.41. The van der Waals surface area contributed by atoms with E-state index in [-0.39, 0.29) is 11.6 Å². The minimum atomic E-state index is -0.280. The summed E-state index contributed by atoms with van der Waals surface area (Å²) in [4.78, 5) is 0. The number of nitrogens with one attached hydrogen (secondary N) is 1. The fourth-order valence-corrected chi connectivity index (χ4v) is 2.54. The highest BCUT2D eigenvalue weighted by atomic mass is 16.5. The van der Waals surface area contributed by atoms with E-state index in [1.165, 1.54) is 5.56 Å². The first-order chi connectivity index (χ1) is 9.04. The van der Waals surface area contributed by atoms with Crippen LogP contribution in [-0.4, -0.2) is 19.8 Å². The fraction of sp³-hybridized carbons (Fsp3) is 0.500. The number of hydrogen-bond donors (Lipinski definition) is 1. The van der Waals surface area contributed by atoms with Gasteiger partial charge in [-0.3, -0.25) is 0 Å². The standard InChI is InChI=1S/C16H23NO2/c1-6-16(3,18-5)15(17-4)14-10-12-9-11(2)7-8-13(12)19-14/h7-10,15,17H,6H2,1-5H3. The third-order valence-corrected chi connectivity index (χ3v) is 4.04. The van der Waals surface area contributed by atoms with Gasteiger partial charge in [0.2, 0.25) is 0 Å². The lowest BCUT2D eigenvalue weighted by atomic mass is 9.91. The molecule has 2 unspecified atom stereocenters. The fourth-order valence-electron chi connectivity index (χ4n) is 2.54. The number of aryl methyl sites for hydroxylation is 1. The lowest BCUT2D eigenvalue weighted by molar-refractivity contribution is -0.0329. The summed E-state index contributed by atoms with van der Waals surface area (Å²) in [6.07, 6.45) is 0.908. The molecule has 1 N–H and O–H groups in total. The molecule has 0 fully saturated rings. The van der Waals surface area contributed by atoms with Crippen molar-refractivity contribution in [1.29, 1.82) is 0 Å². The maximum Gasteiger partial charge on any atom is 0.134 e. The molecule has 1 heterocycles. The number of hydrogen-bond acceptors (Lipinski definition) is 3. The van der Waals surface area contributed by atoms with Crippen molar-refractivity contribution in [3.05, 3.63) is 35.6 Å². The SMILES string of the molecule is CCC(C)(OC)C(NC)c1cc2cc(C)ccc2o1. The van der Waals surface area contributed by atoms with Gasteiger partial charge >= 0.3 is 0 Å². The van der Waals surface area contributed by atoms with Crippen molar-refractivity contribution in [3.63, 3.8) is 0 Å². The predicted molar refractivity (Wildman–Crippen MR) is 78.5 cm³/mol. The molecule has 0 bridgehead atoms. The minimum Gasteiger partial charge on any atom is -0.459 e. The van der Waals surface area contributed by atoms with E-state index in [1.54, 1.807) is 7.11 Å². The molecule has 104 valence electrons. The normalized spacial score (nSPS) is 16.5. The molecule has 0 saturated carbocycles. The first kappa shape index (κ1) is 14.1. The zero-order valence-electron chi connectivity index (χ0n) is 12.4. The zero-order chi connectivity index (χ0) is 14.0. The molecule has 2 rings (SSSR count). The van der Waals surface area contributed by atoms with Crippen LogP contribution in [0.4, 0.5) is 0 Å². The minimum absolute atomic E-state index is 0.0372. The van der Waals surface area contributed by atoms with Gasteiger partial charge in [-0.15, -0.1) is 0 Å². The Balaban J connectivity index is 2.46. The van der Waals surface area contributed by atoms with Crippen molar-refractivity contribution in [2.45, 2.75) is 38.8 Å². The number of benzene rings is 1. The molecule has 1 aromatic heterocycles. The highest BCUT2D eigenvalue weighted by Crippen LogP contribution is 2.34. The van der Waals surface area contributed by atoms with Crippen LogP contribution in [-0.2, 0) is 4.74 Å². The van der Waals surface area contributed by atoms with Crippen LogP contribution in [0.5, 0.6) is 0 Å². The monoisotopic (exact) mass is 261 g/mol. The number of rotatable bonds is 5. The number of furan rings is 1. The van der Waals surface area contributed by atoms with Gasteiger partial charge in [0.1, 0.15) is 11.3 Å². The molecule has 2 aromatic rings. The summed E-state index contributed by atoms with van der Waals surface area (Å²) in [6, 6.07) is 8.38. The van der Waals surface area contributed by atoms with E-state index in [9.17, 15) is 0 Å². The Morgan fingerprint density at radius 2 is 2.11 bits per heavy atom. The number of likely N-dealkylation sites (N-methyl/N-ethyl adjacent to an activating group) is 1. The van der Waals surface area contributed by atoms with Crippen LogP contribution in [0.25, 0.3) is 11.0 Å². The highest BCUT2D eigenvalue weighted by Gasteiger charge is 2.35. The second-order valence-electron chi connectivity index (χ2n) is 5.28. The predicted octanol–water partition coefficient (Wildman–Crippen LogP) is 3.82. The summed E-state index contributed by atoms with van der Waals surface area (Å²) < 4.78 is 11.7. The largest absolute Gasteiger partial charge is 0.459 e. The molecular weight excluding hydrogens is 238 g/mol. The smallest absolute Gasteiger partial charge is 0.134 e. The summed E-state index contributed by atoms with van der Waals surface area (Å²) in [5, 5.41) is 4.46. The van der Waals surface area contributed by atoms with Gasteiger partial charge in [0.05, 0.1) is 11.6 Å². The van der Waals surface area contributed by atoms with Gasteiger partial charge < -0.3 is 14.5 Å². The molecule has 0 aliphatic heterocycles. The van der Waals surface area contributed by atoms with Gasteiger partial charge in [0.25, 0.3) is 0 Å². The molecule has 0 aliphatic rings. The van der Waals surface area contributed by atoms with Crippen LogP contribution in [0.3, 0.4) is 0 Å². The maximum atomic E-state index is 5.98. The molecule has 0 amide bonds. The third kappa shape index (κ3) is 2.53. The van der Waals surface area contributed by atoms with Gasteiger partial charge in [0.15, 0.2) is 0 Å². The van der Waals surface area contributed by atoms with Crippen LogP contribution in [0.15, 0.2) is 28.7 Å². The van der Waals surface area contributed by atoms with Crippen LogP contribution < -0.4 is 5.32 Å². The summed E-state index contributed by atoms with van der Waals surface area (Å²) in [6.45, 7) is 6.32. The van der Waals surface area contributed by atoms with Gasteiger partial charge in [0, 0.05) is 12.5 Å². The van der Waals surface area contributed by atoms with E-state index < -0.39 is 0 Å². The van der Waals surface area contributed by atoms with Crippen LogP contribution in [0, 0.1) is 6.92 Å². The lowest BCUT2D eigenvalue weighted by Gasteiger charge is -2.34. The third-order valence-electron chi connectivity index (χ3n) is 4.04. The molecule has 3 nitrogen and oxygen atoms in total. The van der Waals surface area contributed by atoms with Crippen molar-refractivity contribution in [2.75, 3.05) is 14.2 Å². The Kier molecular flexibility index (Phi) is 3.97. The van der Waals surface area contributed by atoms with Crippen molar-refractivity contribution in [1.82, 2.24) is 5.32 Å². The molecule has 0 saturated heterocycles. The first-order valence-electron chi connectivity index (χ1n) is 6.76. The van der Waals surface area contributed by atoms with E-state index >= 15 is 0 Å². The molecule has 0 radical (unpaired) electrons. The Bertz CT molecular complexity index is 555. The van der Waals surface area contributed by atoms with E-state index in [0.717, 1.165) is 23.2 Å². The topological polar surface area (TPSA) is 34.4 Å². The van der Waals surface area contributed by atoms with Gasteiger partial charge in [-0.25, -0.2) is 0 Å². The molecule has 3 heteroatoms. The molecule has 2 atom stereocenters. The van der Waals surface area contributed by atoms with Gasteiger partial charge in [-0.2, -0.15) is 0 Å². The molecule has 0 aliphatic carbocycles. The highest BCUT2D eigenvalue weighted by molar-refractivity contribution is 5.78. The van der Waals surface area contributed by atoms with E-state index in [2.05, 4.69) is 44.3 Å². The van der Waals surface area contributed by atoms with Crippen LogP contribution >= 0.6 is 0 Å². The van der Waals surface area contributed by atoms with Crippen LogP contribution in [0.1, 0.15) is 37.6 Å². The van der Waals surface area contributed by atoms with Crippen molar-refractivity contribution < 1.29 is 9.15 Å².